The summed E-state index contributed by atoms with van der Waals surface area (Å²) in [6, 6.07) is 0. The lowest BCUT2D eigenvalue weighted by Gasteiger charge is -2.31. The number of nitrogens with zero attached hydrogens (tertiary/aromatic N) is 2. The molecule has 1 aliphatic heterocycles. The number of piperidine rings is 1. The molecule has 4 nitrogen and oxygen atoms in total. The Labute approximate surface area is 105 Å². The molecule has 0 aromatic carbocycles. The SMILES string of the molecule is CC(O)CCC(=O)N(C)CC1CCN(C)CC1. The Hall–Kier alpha value is -0.610. The minimum Gasteiger partial charge on any atom is -0.393 e. The van der Waals surface area contributed by atoms with Gasteiger partial charge in [0, 0.05) is 20.0 Å². The zero-order chi connectivity index (χ0) is 12.8. The molecule has 1 saturated heterocycles. The number of aliphatic hydroxyl groups is 1. The van der Waals surface area contributed by atoms with Crippen molar-refractivity contribution in [3.05, 3.63) is 0 Å². The zero-order valence-corrected chi connectivity index (χ0v) is 11.4. The van der Waals surface area contributed by atoms with E-state index in [9.17, 15) is 4.79 Å². The third-order valence-corrected chi connectivity index (χ3v) is 3.57. The Morgan fingerprint density at radius 1 is 1.47 bits per heavy atom. The van der Waals surface area contributed by atoms with Crippen LogP contribution in [-0.4, -0.2) is 60.6 Å². The molecule has 100 valence electrons. The van der Waals surface area contributed by atoms with E-state index in [1.54, 1.807) is 6.92 Å². The van der Waals surface area contributed by atoms with Crippen LogP contribution >= 0.6 is 0 Å². The first-order chi connectivity index (χ1) is 7.99. The number of hydrogen-bond donors (Lipinski definition) is 1. The molecule has 0 aromatic rings. The van der Waals surface area contributed by atoms with Gasteiger partial charge in [-0.1, -0.05) is 0 Å². The maximum Gasteiger partial charge on any atom is 0.222 e. The van der Waals surface area contributed by atoms with Crippen molar-refractivity contribution in [2.45, 2.75) is 38.7 Å². The Morgan fingerprint density at radius 2 is 2.06 bits per heavy atom. The van der Waals surface area contributed by atoms with E-state index >= 15 is 0 Å². The lowest BCUT2D eigenvalue weighted by molar-refractivity contribution is -0.131. The highest BCUT2D eigenvalue weighted by Crippen LogP contribution is 2.17. The predicted octanol–water partition coefficient (Wildman–Crippen LogP) is 0.948. The largest absolute Gasteiger partial charge is 0.393 e. The van der Waals surface area contributed by atoms with Crippen molar-refractivity contribution < 1.29 is 9.90 Å². The highest BCUT2D eigenvalue weighted by Gasteiger charge is 2.20. The Bertz CT molecular complexity index is 236. The second kappa shape index (κ2) is 6.97. The minimum absolute atomic E-state index is 0.157. The highest BCUT2D eigenvalue weighted by atomic mass is 16.3. The first-order valence-electron chi connectivity index (χ1n) is 6.59. The number of likely N-dealkylation sites (tertiary alicyclic amines) is 1. The summed E-state index contributed by atoms with van der Waals surface area (Å²) in [6.45, 7) is 4.87. The Kier molecular flexibility index (Phi) is 5.92. The number of hydrogen-bond acceptors (Lipinski definition) is 3. The van der Waals surface area contributed by atoms with Gasteiger partial charge < -0.3 is 14.9 Å². The fourth-order valence-corrected chi connectivity index (χ4v) is 2.26. The van der Waals surface area contributed by atoms with Gasteiger partial charge in [-0.2, -0.15) is 0 Å². The third-order valence-electron chi connectivity index (χ3n) is 3.57. The van der Waals surface area contributed by atoms with Gasteiger partial charge in [0.05, 0.1) is 6.10 Å². The van der Waals surface area contributed by atoms with E-state index < -0.39 is 0 Å². The number of aliphatic hydroxyl groups excluding tert-OH is 1. The van der Waals surface area contributed by atoms with Crippen molar-refractivity contribution >= 4 is 5.91 Å². The smallest absolute Gasteiger partial charge is 0.222 e. The highest BCUT2D eigenvalue weighted by molar-refractivity contribution is 5.75. The number of rotatable bonds is 5. The van der Waals surface area contributed by atoms with E-state index in [2.05, 4.69) is 11.9 Å². The summed E-state index contributed by atoms with van der Waals surface area (Å²) in [6.07, 6.45) is 3.02. The summed E-state index contributed by atoms with van der Waals surface area (Å²) in [5.41, 5.74) is 0. The normalized spacial score (nSPS) is 20.2. The van der Waals surface area contributed by atoms with Crippen LogP contribution in [0.1, 0.15) is 32.6 Å². The molecule has 1 aliphatic rings. The number of carbonyl (C=O) groups is 1. The average Bonchev–Trinajstić information content (AvgIpc) is 2.28. The van der Waals surface area contributed by atoms with Crippen LogP contribution in [0.5, 0.6) is 0 Å². The van der Waals surface area contributed by atoms with E-state index in [-0.39, 0.29) is 12.0 Å². The molecule has 4 heteroatoms. The van der Waals surface area contributed by atoms with E-state index in [1.165, 1.54) is 12.8 Å². The molecule has 0 spiro atoms. The van der Waals surface area contributed by atoms with E-state index in [0.29, 0.717) is 18.8 Å². The van der Waals surface area contributed by atoms with Gasteiger partial charge in [-0.25, -0.2) is 0 Å². The van der Waals surface area contributed by atoms with Crippen LogP contribution in [0.3, 0.4) is 0 Å². The van der Waals surface area contributed by atoms with Crippen molar-refractivity contribution in [2.75, 3.05) is 33.7 Å². The van der Waals surface area contributed by atoms with Crippen molar-refractivity contribution in [1.82, 2.24) is 9.80 Å². The molecule has 1 heterocycles. The van der Waals surface area contributed by atoms with Gasteiger partial charge in [-0.3, -0.25) is 4.79 Å². The van der Waals surface area contributed by atoms with Gasteiger partial charge in [-0.05, 0) is 52.2 Å². The van der Waals surface area contributed by atoms with Crippen molar-refractivity contribution in [2.24, 2.45) is 5.92 Å². The number of amides is 1. The monoisotopic (exact) mass is 242 g/mol. The van der Waals surface area contributed by atoms with Crippen molar-refractivity contribution in [3.8, 4) is 0 Å². The van der Waals surface area contributed by atoms with Crippen LogP contribution in [-0.2, 0) is 4.79 Å². The molecule has 0 radical (unpaired) electrons. The Morgan fingerprint density at radius 3 is 2.59 bits per heavy atom. The fourth-order valence-electron chi connectivity index (χ4n) is 2.26. The van der Waals surface area contributed by atoms with Crippen LogP contribution in [0, 0.1) is 5.92 Å². The number of carbonyl (C=O) groups excluding carboxylic acids is 1. The predicted molar refractivity (Wildman–Crippen MR) is 68.8 cm³/mol. The molecule has 1 fully saturated rings. The van der Waals surface area contributed by atoms with Crippen LogP contribution in [0.25, 0.3) is 0 Å². The molecular formula is C13H26N2O2. The van der Waals surface area contributed by atoms with Gasteiger partial charge in [0.2, 0.25) is 5.91 Å². The quantitative estimate of drug-likeness (QED) is 0.780. The zero-order valence-electron chi connectivity index (χ0n) is 11.4. The maximum absolute atomic E-state index is 11.8. The molecule has 0 saturated carbocycles. The second-order valence-electron chi connectivity index (χ2n) is 5.41. The van der Waals surface area contributed by atoms with Gasteiger partial charge >= 0.3 is 0 Å². The topological polar surface area (TPSA) is 43.8 Å². The summed E-state index contributed by atoms with van der Waals surface area (Å²) in [5.74, 6) is 0.802. The summed E-state index contributed by atoms with van der Waals surface area (Å²) in [5, 5.41) is 9.16. The molecule has 0 bridgehead atoms. The van der Waals surface area contributed by atoms with Gasteiger partial charge in [-0.15, -0.1) is 0 Å². The van der Waals surface area contributed by atoms with E-state index in [4.69, 9.17) is 5.11 Å². The third kappa shape index (κ3) is 5.50. The van der Waals surface area contributed by atoms with E-state index in [1.807, 2.05) is 11.9 Å². The second-order valence-corrected chi connectivity index (χ2v) is 5.41. The molecule has 0 aliphatic carbocycles. The molecule has 0 aromatic heterocycles. The summed E-state index contributed by atoms with van der Waals surface area (Å²) in [7, 11) is 4.02. The molecule has 17 heavy (non-hydrogen) atoms. The van der Waals surface area contributed by atoms with Crippen LogP contribution in [0.2, 0.25) is 0 Å². The lowest BCUT2D eigenvalue weighted by atomic mass is 9.96. The summed E-state index contributed by atoms with van der Waals surface area (Å²) >= 11 is 0. The fraction of sp³-hybridized carbons (Fsp3) is 0.923. The first-order valence-corrected chi connectivity index (χ1v) is 6.59. The van der Waals surface area contributed by atoms with E-state index in [0.717, 1.165) is 19.6 Å². The van der Waals surface area contributed by atoms with Gasteiger partial charge in [0.1, 0.15) is 0 Å². The molecular weight excluding hydrogens is 216 g/mol. The lowest BCUT2D eigenvalue weighted by Crippen LogP contribution is -2.38. The molecule has 1 rings (SSSR count). The molecule has 1 atom stereocenters. The Balaban J connectivity index is 2.23. The van der Waals surface area contributed by atoms with Gasteiger partial charge in [0.15, 0.2) is 0 Å². The van der Waals surface area contributed by atoms with Crippen molar-refractivity contribution in [1.29, 1.82) is 0 Å². The van der Waals surface area contributed by atoms with Crippen LogP contribution < -0.4 is 0 Å². The summed E-state index contributed by atoms with van der Waals surface area (Å²) < 4.78 is 0. The van der Waals surface area contributed by atoms with Crippen molar-refractivity contribution in [3.63, 3.8) is 0 Å². The molecule has 1 amide bonds. The molecule has 1 N–H and O–H groups in total. The average molecular weight is 242 g/mol. The standard InChI is InChI=1S/C13H26N2O2/c1-11(16)4-5-13(17)15(3)10-12-6-8-14(2)9-7-12/h11-12,16H,4-10H2,1-3H3. The van der Waals surface area contributed by atoms with Crippen LogP contribution in [0.4, 0.5) is 0 Å². The first kappa shape index (κ1) is 14.5. The van der Waals surface area contributed by atoms with Crippen LogP contribution in [0.15, 0.2) is 0 Å². The minimum atomic E-state index is -0.379. The van der Waals surface area contributed by atoms with Gasteiger partial charge in [0.25, 0.3) is 0 Å². The maximum atomic E-state index is 11.8. The summed E-state index contributed by atoms with van der Waals surface area (Å²) in [4.78, 5) is 16.0. The molecule has 1 unspecified atom stereocenters.